The SMILES string of the molecule is O=C(O)c1c(Br)sc2ccc(Br)cc12. The van der Waals surface area contributed by atoms with Gasteiger partial charge in [-0.25, -0.2) is 4.79 Å². The smallest absolute Gasteiger partial charge is 0.338 e. The van der Waals surface area contributed by atoms with E-state index in [0.717, 1.165) is 14.6 Å². The second-order valence-corrected chi connectivity index (χ2v) is 5.98. The molecule has 0 bridgehead atoms. The summed E-state index contributed by atoms with van der Waals surface area (Å²) < 4.78 is 2.52. The van der Waals surface area contributed by atoms with Gasteiger partial charge in [0.05, 0.1) is 9.35 Å². The molecule has 0 aliphatic carbocycles. The van der Waals surface area contributed by atoms with Crippen LogP contribution in [0.5, 0.6) is 0 Å². The van der Waals surface area contributed by atoms with Gasteiger partial charge in [-0.15, -0.1) is 11.3 Å². The second-order valence-electron chi connectivity index (χ2n) is 2.70. The van der Waals surface area contributed by atoms with E-state index in [9.17, 15) is 4.79 Å². The molecule has 0 saturated carbocycles. The predicted octanol–water partition coefficient (Wildman–Crippen LogP) is 4.12. The lowest BCUT2D eigenvalue weighted by Crippen LogP contribution is -1.94. The quantitative estimate of drug-likeness (QED) is 0.851. The van der Waals surface area contributed by atoms with Gasteiger partial charge in [0.15, 0.2) is 0 Å². The Bertz CT molecular complexity index is 519. The zero-order valence-electron chi connectivity index (χ0n) is 6.75. The molecule has 1 aromatic carbocycles. The first-order valence-electron chi connectivity index (χ1n) is 3.70. The van der Waals surface area contributed by atoms with Crippen molar-refractivity contribution in [1.82, 2.24) is 0 Å². The summed E-state index contributed by atoms with van der Waals surface area (Å²) in [5, 5.41) is 9.77. The van der Waals surface area contributed by atoms with Gasteiger partial charge in [-0.3, -0.25) is 0 Å². The average Bonchev–Trinajstić information content (AvgIpc) is 2.40. The number of fused-ring (bicyclic) bond motifs is 1. The summed E-state index contributed by atoms with van der Waals surface area (Å²) in [6.07, 6.45) is 0. The number of carboxylic acid groups (broad SMARTS) is 1. The molecule has 1 heterocycles. The Morgan fingerprint density at radius 3 is 2.71 bits per heavy atom. The summed E-state index contributed by atoms with van der Waals surface area (Å²) >= 11 is 8.01. The van der Waals surface area contributed by atoms with Crippen LogP contribution >= 0.6 is 43.2 Å². The lowest BCUT2D eigenvalue weighted by Gasteiger charge is -1.93. The van der Waals surface area contributed by atoms with Gasteiger partial charge in [0.25, 0.3) is 0 Å². The van der Waals surface area contributed by atoms with Crippen LogP contribution in [0.1, 0.15) is 10.4 Å². The Kier molecular flexibility index (Phi) is 2.64. The number of carboxylic acids is 1. The lowest BCUT2D eigenvalue weighted by atomic mass is 10.2. The molecule has 0 spiro atoms. The summed E-state index contributed by atoms with van der Waals surface area (Å²) in [4.78, 5) is 11.0. The van der Waals surface area contributed by atoms with Gasteiger partial charge < -0.3 is 5.11 Å². The maximum atomic E-state index is 11.0. The van der Waals surface area contributed by atoms with Crippen LogP contribution in [0, 0.1) is 0 Å². The van der Waals surface area contributed by atoms with Gasteiger partial charge in [-0.2, -0.15) is 0 Å². The molecular weight excluding hydrogens is 332 g/mol. The Balaban J connectivity index is 2.86. The van der Waals surface area contributed by atoms with Gasteiger partial charge in [-0.05, 0) is 34.1 Å². The maximum Gasteiger partial charge on any atom is 0.338 e. The Labute approximate surface area is 101 Å². The first-order chi connectivity index (χ1) is 6.59. The fourth-order valence-corrected chi connectivity index (χ4v) is 3.41. The largest absolute Gasteiger partial charge is 0.478 e. The van der Waals surface area contributed by atoms with Crippen molar-refractivity contribution < 1.29 is 9.90 Å². The number of hydrogen-bond donors (Lipinski definition) is 1. The Hall–Kier alpha value is -0.390. The molecule has 2 nitrogen and oxygen atoms in total. The summed E-state index contributed by atoms with van der Waals surface area (Å²) in [5.41, 5.74) is 0.339. The van der Waals surface area contributed by atoms with E-state index in [2.05, 4.69) is 31.9 Å². The van der Waals surface area contributed by atoms with Gasteiger partial charge >= 0.3 is 5.97 Å². The molecule has 0 radical (unpaired) electrons. The molecule has 0 unspecified atom stereocenters. The molecule has 0 aliphatic rings. The van der Waals surface area contributed by atoms with E-state index >= 15 is 0 Å². The minimum Gasteiger partial charge on any atom is -0.478 e. The summed E-state index contributed by atoms with van der Waals surface area (Å²) in [6, 6.07) is 5.62. The van der Waals surface area contributed by atoms with E-state index in [4.69, 9.17) is 5.11 Å². The van der Waals surface area contributed by atoms with E-state index in [0.29, 0.717) is 9.35 Å². The molecule has 2 aromatic rings. The summed E-state index contributed by atoms with van der Waals surface area (Å²) in [5.74, 6) is -0.902. The molecule has 0 fully saturated rings. The van der Waals surface area contributed by atoms with Crippen molar-refractivity contribution in [3.05, 3.63) is 32.0 Å². The fraction of sp³-hybridized carbons (Fsp3) is 0. The first kappa shape index (κ1) is 10.1. The van der Waals surface area contributed by atoms with Crippen LogP contribution in [0.3, 0.4) is 0 Å². The summed E-state index contributed by atoms with van der Waals surface area (Å²) in [7, 11) is 0. The van der Waals surface area contributed by atoms with Crippen LogP contribution in [-0.4, -0.2) is 11.1 Å². The van der Waals surface area contributed by atoms with Gasteiger partial charge in [0, 0.05) is 14.6 Å². The monoisotopic (exact) mass is 334 g/mol. The van der Waals surface area contributed by atoms with E-state index in [-0.39, 0.29) is 0 Å². The van der Waals surface area contributed by atoms with Crippen molar-refractivity contribution in [2.24, 2.45) is 0 Å². The maximum absolute atomic E-state index is 11.0. The third kappa shape index (κ3) is 1.60. The van der Waals surface area contributed by atoms with Crippen molar-refractivity contribution >= 4 is 59.3 Å². The van der Waals surface area contributed by atoms with Gasteiger partial charge in [0.1, 0.15) is 0 Å². The highest BCUT2D eigenvalue weighted by Gasteiger charge is 2.16. The Morgan fingerprint density at radius 2 is 2.07 bits per heavy atom. The first-order valence-corrected chi connectivity index (χ1v) is 6.10. The van der Waals surface area contributed by atoms with Crippen LogP contribution < -0.4 is 0 Å². The van der Waals surface area contributed by atoms with Crippen LogP contribution in [0.25, 0.3) is 10.1 Å². The second kappa shape index (κ2) is 3.64. The molecular formula is C9H4Br2O2S. The van der Waals surface area contributed by atoms with Crippen molar-refractivity contribution in [2.45, 2.75) is 0 Å². The van der Waals surface area contributed by atoms with Crippen molar-refractivity contribution in [3.8, 4) is 0 Å². The standard InChI is InChI=1S/C9H4Br2O2S/c10-4-1-2-6-5(3-4)7(9(12)13)8(11)14-6/h1-3H,(H,12,13). The number of hydrogen-bond acceptors (Lipinski definition) is 2. The number of halogens is 2. The normalized spacial score (nSPS) is 10.7. The van der Waals surface area contributed by atoms with E-state index in [1.54, 1.807) is 0 Å². The summed E-state index contributed by atoms with van der Waals surface area (Å²) in [6.45, 7) is 0. The molecule has 0 atom stereocenters. The minimum atomic E-state index is -0.902. The molecule has 1 N–H and O–H groups in total. The number of benzene rings is 1. The number of carbonyl (C=O) groups is 1. The zero-order chi connectivity index (χ0) is 10.3. The minimum absolute atomic E-state index is 0.339. The highest BCUT2D eigenvalue weighted by atomic mass is 79.9. The van der Waals surface area contributed by atoms with Crippen molar-refractivity contribution in [2.75, 3.05) is 0 Å². The molecule has 0 saturated heterocycles. The third-order valence-corrected chi connectivity index (χ3v) is 4.16. The Morgan fingerprint density at radius 1 is 1.36 bits per heavy atom. The molecule has 14 heavy (non-hydrogen) atoms. The molecule has 5 heteroatoms. The lowest BCUT2D eigenvalue weighted by molar-refractivity contribution is 0.0698. The van der Waals surface area contributed by atoms with Gasteiger partial charge in [0.2, 0.25) is 0 Å². The van der Waals surface area contributed by atoms with E-state index < -0.39 is 5.97 Å². The number of rotatable bonds is 1. The highest BCUT2D eigenvalue weighted by Crippen LogP contribution is 2.36. The molecule has 1 aromatic heterocycles. The van der Waals surface area contributed by atoms with Crippen molar-refractivity contribution in [3.63, 3.8) is 0 Å². The van der Waals surface area contributed by atoms with Gasteiger partial charge in [-0.1, -0.05) is 15.9 Å². The van der Waals surface area contributed by atoms with E-state index in [1.807, 2.05) is 18.2 Å². The van der Waals surface area contributed by atoms with E-state index in [1.165, 1.54) is 11.3 Å². The predicted molar refractivity (Wildman–Crippen MR) is 64.2 cm³/mol. The van der Waals surface area contributed by atoms with Crippen LogP contribution in [0.2, 0.25) is 0 Å². The molecule has 72 valence electrons. The van der Waals surface area contributed by atoms with Crippen LogP contribution in [0.4, 0.5) is 0 Å². The van der Waals surface area contributed by atoms with Crippen LogP contribution in [0.15, 0.2) is 26.5 Å². The average molecular weight is 336 g/mol. The van der Waals surface area contributed by atoms with Crippen molar-refractivity contribution in [1.29, 1.82) is 0 Å². The topological polar surface area (TPSA) is 37.3 Å². The zero-order valence-corrected chi connectivity index (χ0v) is 10.7. The van der Waals surface area contributed by atoms with Crippen LogP contribution in [-0.2, 0) is 0 Å². The molecule has 0 amide bonds. The molecule has 0 aliphatic heterocycles. The fourth-order valence-electron chi connectivity index (χ4n) is 1.24. The third-order valence-electron chi connectivity index (χ3n) is 1.82. The number of thiophene rings is 1. The molecule has 2 rings (SSSR count). The highest BCUT2D eigenvalue weighted by molar-refractivity contribution is 9.11. The number of aromatic carboxylic acids is 1.